The van der Waals surface area contributed by atoms with Gasteiger partial charge in [-0.25, -0.2) is 0 Å². The number of unbranched alkanes of at least 4 members (excludes halogenated alkanes) is 1. The first-order valence-electron chi connectivity index (χ1n) is 11.1. The summed E-state index contributed by atoms with van der Waals surface area (Å²) in [5, 5.41) is 3.88. The van der Waals surface area contributed by atoms with Crippen molar-refractivity contribution in [1.82, 2.24) is 10.2 Å². The van der Waals surface area contributed by atoms with Gasteiger partial charge in [0, 0.05) is 29.6 Å². The van der Waals surface area contributed by atoms with Gasteiger partial charge in [0.15, 0.2) is 0 Å². The van der Waals surface area contributed by atoms with Gasteiger partial charge in [-0.15, -0.1) is 0 Å². The largest absolute Gasteiger partial charge is 0.497 e. The normalized spacial score (nSPS) is 11.5. The van der Waals surface area contributed by atoms with E-state index in [2.05, 4.69) is 12.2 Å². The van der Waals surface area contributed by atoms with Crippen molar-refractivity contribution >= 4 is 35.0 Å². The molecule has 1 atom stereocenters. The first-order valence-corrected chi connectivity index (χ1v) is 11.9. The second-order valence-electron chi connectivity index (χ2n) is 7.71. The molecule has 0 saturated carbocycles. The highest BCUT2D eigenvalue weighted by atomic mass is 35.5. The number of hydrogen-bond acceptors (Lipinski definition) is 4. The number of benzene rings is 2. The van der Waals surface area contributed by atoms with E-state index in [1.165, 1.54) is 0 Å². The second-order valence-corrected chi connectivity index (χ2v) is 8.55. The second kappa shape index (κ2) is 14.0. The van der Waals surface area contributed by atoms with Gasteiger partial charge in [-0.05, 0) is 61.7 Å². The van der Waals surface area contributed by atoms with Crippen molar-refractivity contribution in [2.45, 2.75) is 52.1 Å². The molecule has 0 aliphatic carbocycles. The molecule has 1 N–H and O–H groups in total. The summed E-state index contributed by atoms with van der Waals surface area (Å²) in [6, 6.07) is 11.8. The zero-order chi connectivity index (χ0) is 24.2. The maximum atomic E-state index is 13.1. The highest BCUT2D eigenvalue weighted by Gasteiger charge is 2.26. The average Bonchev–Trinajstić information content (AvgIpc) is 2.81. The number of nitrogens with one attached hydrogen (secondary N) is 1. The molecule has 0 spiro atoms. The van der Waals surface area contributed by atoms with Crippen molar-refractivity contribution in [3.8, 4) is 11.5 Å². The Morgan fingerprint density at radius 3 is 2.39 bits per heavy atom. The minimum absolute atomic E-state index is 0.141. The van der Waals surface area contributed by atoms with E-state index in [9.17, 15) is 9.59 Å². The van der Waals surface area contributed by atoms with E-state index in [0.29, 0.717) is 35.4 Å². The van der Waals surface area contributed by atoms with E-state index in [4.69, 9.17) is 32.7 Å². The monoisotopic (exact) mass is 494 g/mol. The van der Waals surface area contributed by atoms with Crippen molar-refractivity contribution < 1.29 is 19.1 Å². The molecule has 0 aliphatic rings. The molecule has 8 heteroatoms. The third-order valence-corrected chi connectivity index (χ3v) is 5.80. The quantitative estimate of drug-likeness (QED) is 0.373. The summed E-state index contributed by atoms with van der Waals surface area (Å²) in [6.45, 7) is 4.97. The van der Waals surface area contributed by atoms with Crippen molar-refractivity contribution in [3.05, 3.63) is 58.1 Å². The zero-order valence-electron chi connectivity index (χ0n) is 19.4. The van der Waals surface area contributed by atoms with Gasteiger partial charge in [-0.1, -0.05) is 42.6 Å². The molecule has 0 unspecified atom stereocenters. The standard InChI is InChI=1S/C25H32Cl2N2O4/c1-4-5-14-28-25(31)18(2)29(17-19-8-9-20(26)16-23(19)27)24(30)7-6-15-33-22-12-10-21(32-3)11-13-22/h8-13,16,18H,4-7,14-15,17H2,1-3H3,(H,28,31)/t18-/m1/s1. The van der Waals surface area contributed by atoms with Crippen molar-refractivity contribution in [2.75, 3.05) is 20.3 Å². The van der Waals surface area contributed by atoms with Gasteiger partial charge in [0.25, 0.3) is 0 Å². The molecular formula is C25H32Cl2N2O4. The number of nitrogens with zero attached hydrogens (tertiary/aromatic N) is 1. The van der Waals surface area contributed by atoms with Crippen LogP contribution in [0.4, 0.5) is 0 Å². The van der Waals surface area contributed by atoms with E-state index in [1.807, 2.05) is 24.3 Å². The van der Waals surface area contributed by atoms with E-state index in [0.717, 1.165) is 24.2 Å². The molecule has 0 aliphatic heterocycles. The van der Waals surface area contributed by atoms with E-state index in [-0.39, 0.29) is 24.8 Å². The first-order chi connectivity index (χ1) is 15.8. The Kier molecular flexibility index (Phi) is 11.3. The topological polar surface area (TPSA) is 67.9 Å². The van der Waals surface area contributed by atoms with Gasteiger partial charge in [0.05, 0.1) is 13.7 Å². The summed E-state index contributed by atoms with van der Waals surface area (Å²) in [6.07, 6.45) is 2.62. The highest BCUT2D eigenvalue weighted by Crippen LogP contribution is 2.24. The number of halogens is 2. The Hall–Kier alpha value is -2.44. The van der Waals surface area contributed by atoms with Crippen LogP contribution >= 0.6 is 23.2 Å². The van der Waals surface area contributed by atoms with Gasteiger partial charge in [-0.3, -0.25) is 9.59 Å². The van der Waals surface area contributed by atoms with Crippen LogP contribution in [0.15, 0.2) is 42.5 Å². The summed E-state index contributed by atoms with van der Waals surface area (Å²) < 4.78 is 10.9. The molecule has 0 aromatic heterocycles. The van der Waals surface area contributed by atoms with Gasteiger partial charge in [-0.2, -0.15) is 0 Å². The number of hydrogen-bond donors (Lipinski definition) is 1. The lowest BCUT2D eigenvalue weighted by Gasteiger charge is -2.29. The number of ether oxygens (including phenoxy) is 2. The lowest BCUT2D eigenvalue weighted by molar-refractivity contribution is -0.140. The van der Waals surface area contributed by atoms with Crippen LogP contribution in [-0.2, 0) is 16.1 Å². The molecule has 0 radical (unpaired) electrons. The van der Waals surface area contributed by atoms with Crippen LogP contribution in [0.2, 0.25) is 10.0 Å². The molecule has 6 nitrogen and oxygen atoms in total. The fourth-order valence-electron chi connectivity index (χ4n) is 3.18. The predicted octanol–water partition coefficient (Wildman–Crippen LogP) is 5.49. The average molecular weight is 495 g/mol. The number of methoxy groups -OCH3 is 1. The smallest absolute Gasteiger partial charge is 0.242 e. The van der Waals surface area contributed by atoms with Crippen molar-refractivity contribution in [2.24, 2.45) is 0 Å². The van der Waals surface area contributed by atoms with Crippen LogP contribution in [0.3, 0.4) is 0 Å². The van der Waals surface area contributed by atoms with Crippen LogP contribution in [0.1, 0.15) is 45.1 Å². The third kappa shape index (κ3) is 8.78. The minimum atomic E-state index is -0.636. The summed E-state index contributed by atoms with van der Waals surface area (Å²) in [5.41, 5.74) is 0.733. The van der Waals surface area contributed by atoms with Crippen LogP contribution in [0, 0.1) is 0 Å². The SMILES string of the molecule is CCCCNC(=O)[C@@H](C)N(Cc1ccc(Cl)cc1Cl)C(=O)CCCOc1ccc(OC)cc1. The Morgan fingerprint density at radius 2 is 1.76 bits per heavy atom. The van der Waals surface area contributed by atoms with Crippen LogP contribution in [0.5, 0.6) is 11.5 Å². The molecule has 0 bridgehead atoms. The third-order valence-electron chi connectivity index (χ3n) is 5.22. The fraction of sp³-hybridized carbons (Fsp3) is 0.440. The molecule has 2 amide bonds. The van der Waals surface area contributed by atoms with Crippen LogP contribution in [-0.4, -0.2) is 43.0 Å². The Labute approximate surface area is 206 Å². The summed E-state index contributed by atoms with van der Waals surface area (Å²) in [5.74, 6) is 1.13. The van der Waals surface area contributed by atoms with Crippen molar-refractivity contribution in [1.29, 1.82) is 0 Å². The molecule has 0 saturated heterocycles. The molecular weight excluding hydrogens is 463 g/mol. The van der Waals surface area contributed by atoms with Crippen molar-refractivity contribution in [3.63, 3.8) is 0 Å². The number of amides is 2. The van der Waals surface area contributed by atoms with Gasteiger partial charge >= 0.3 is 0 Å². The highest BCUT2D eigenvalue weighted by molar-refractivity contribution is 6.35. The van der Waals surface area contributed by atoms with Crippen LogP contribution < -0.4 is 14.8 Å². The first kappa shape index (κ1) is 26.8. The van der Waals surface area contributed by atoms with Crippen LogP contribution in [0.25, 0.3) is 0 Å². The number of carbonyl (C=O) groups is 2. The molecule has 2 rings (SSSR count). The summed E-state index contributed by atoms with van der Waals surface area (Å²) in [7, 11) is 1.61. The van der Waals surface area contributed by atoms with Gasteiger partial charge in [0.1, 0.15) is 17.5 Å². The molecule has 2 aromatic rings. The molecule has 2 aromatic carbocycles. The lowest BCUT2D eigenvalue weighted by Crippen LogP contribution is -2.47. The maximum absolute atomic E-state index is 13.1. The Morgan fingerprint density at radius 1 is 1.06 bits per heavy atom. The Balaban J connectivity index is 2.00. The lowest BCUT2D eigenvalue weighted by atomic mass is 10.1. The number of rotatable bonds is 13. The molecule has 0 heterocycles. The van der Waals surface area contributed by atoms with Gasteiger partial charge in [0.2, 0.25) is 11.8 Å². The molecule has 33 heavy (non-hydrogen) atoms. The molecule has 0 fully saturated rings. The van der Waals surface area contributed by atoms with E-state index in [1.54, 1.807) is 37.1 Å². The minimum Gasteiger partial charge on any atom is -0.497 e. The fourth-order valence-corrected chi connectivity index (χ4v) is 3.65. The number of carbonyl (C=O) groups excluding carboxylic acids is 2. The van der Waals surface area contributed by atoms with Gasteiger partial charge < -0.3 is 19.7 Å². The summed E-state index contributed by atoms with van der Waals surface area (Å²) in [4.78, 5) is 27.3. The molecule has 180 valence electrons. The summed E-state index contributed by atoms with van der Waals surface area (Å²) >= 11 is 12.3. The van der Waals surface area contributed by atoms with E-state index >= 15 is 0 Å². The van der Waals surface area contributed by atoms with E-state index < -0.39 is 6.04 Å². The predicted molar refractivity (Wildman–Crippen MR) is 132 cm³/mol. The Bertz CT molecular complexity index is 906. The zero-order valence-corrected chi connectivity index (χ0v) is 20.9. The maximum Gasteiger partial charge on any atom is 0.242 e.